The molecule has 0 aliphatic carbocycles. The van der Waals surface area contributed by atoms with E-state index < -0.39 is 0 Å². The van der Waals surface area contributed by atoms with Crippen LogP contribution in [0.5, 0.6) is 0 Å². The topological polar surface area (TPSA) is 29.3 Å². The van der Waals surface area contributed by atoms with Gasteiger partial charge in [0.2, 0.25) is 0 Å². The summed E-state index contributed by atoms with van der Waals surface area (Å²) in [7, 11) is 0. The first-order valence-electron chi connectivity index (χ1n) is 5.16. The molecule has 1 saturated heterocycles. The van der Waals surface area contributed by atoms with Crippen LogP contribution in [-0.4, -0.2) is 30.1 Å². The average Bonchev–Trinajstić information content (AvgIpc) is 2.45. The lowest BCUT2D eigenvalue weighted by molar-refractivity contribution is 0.181. The van der Waals surface area contributed by atoms with Gasteiger partial charge in [0.25, 0.3) is 0 Å². The maximum atomic E-state index is 5.70. The monoisotopic (exact) mass is 170 g/mol. The molecule has 1 aliphatic rings. The highest BCUT2D eigenvalue weighted by atomic mass is 15.2. The average molecular weight is 170 g/mol. The van der Waals surface area contributed by atoms with Crippen LogP contribution in [0.3, 0.4) is 0 Å². The summed E-state index contributed by atoms with van der Waals surface area (Å²) in [5.41, 5.74) is 5.70. The highest BCUT2D eigenvalue weighted by Gasteiger charge is 2.31. The van der Waals surface area contributed by atoms with Crippen LogP contribution in [-0.2, 0) is 0 Å². The molecule has 1 aliphatic heterocycles. The first-order valence-corrected chi connectivity index (χ1v) is 5.16. The van der Waals surface area contributed by atoms with Crippen molar-refractivity contribution in [2.45, 2.75) is 45.7 Å². The molecule has 1 rings (SSSR count). The maximum absolute atomic E-state index is 5.70. The number of nitrogens with two attached hydrogens (primary N) is 1. The SMILES string of the molecule is CCC(C)N1CCC(CN)C1C. The molecule has 0 aromatic rings. The van der Waals surface area contributed by atoms with Crippen LogP contribution in [0.15, 0.2) is 0 Å². The highest BCUT2D eigenvalue weighted by Crippen LogP contribution is 2.25. The van der Waals surface area contributed by atoms with Gasteiger partial charge in [-0.2, -0.15) is 0 Å². The number of nitrogens with zero attached hydrogens (tertiary/aromatic N) is 1. The van der Waals surface area contributed by atoms with Crippen molar-refractivity contribution in [1.29, 1.82) is 0 Å². The van der Waals surface area contributed by atoms with Crippen molar-refractivity contribution in [2.75, 3.05) is 13.1 Å². The van der Waals surface area contributed by atoms with Gasteiger partial charge in [-0.3, -0.25) is 4.90 Å². The Kier molecular flexibility index (Phi) is 3.53. The molecule has 12 heavy (non-hydrogen) atoms. The van der Waals surface area contributed by atoms with Gasteiger partial charge in [-0.05, 0) is 45.7 Å². The van der Waals surface area contributed by atoms with E-state index in [0.29, 0.717) is 6.04 Å². The molecule has 1 fully saturated rings. The van der Waals surface area contributed by atoms with Gasteiger partial charge in [-0.1, -0.05) is 6.92 Å². The Hall–Kier alpha value is -0.0800. The predicted molar refractivity (Wildman–Crippen MR) is 53.1 cm³/mol. The quantitative estimate of drug-likeness (QED) is 0.694. The molecule has 0 amide bonds. The molecule has 2 N–H and O–H groups in total. The Morgan fingerprint density at radius 2 is 2.25 bits per heavy atom. The van der Waals surface area contributed by atoms with E-state index in [9.17, 15) is 0 Å². The molecule has 3 unspecified atom stereocenters. The van der Waals surface area contributed by atoms with Gasteiger partial charge in [0.15, 0.2) is 0 Å². The van der Waals surface area contributed by atoms with Crippen molar-refractivity contribution in [3.05, 3.63) is 0 Å². The largest absolute Gasteiger partial charge is 0.330 e. The van der Waals surface area contributed by atoms with E-state index in [-0.39, 0.29) is 0 Å². The Balaban J connectivity index is 2.48. The van der Waals surface area contributed by atoms with Crippen molar-refractivity contribution in [3.8, 4) is 0 Å². The minimum Gasteiger partial charge on any atom is -0.330 e. The van der Waals surface area contributed by atoms with Crippen molar-refractivity contribution < 1.29 is 0 Å². The van der Waals surface area contributed by atoms with E-state index in [0.717, 1.165) is 18.5 Å². The first-order chi connectivity index (χ1) is 5.70. The molecule has 1 heterocycles. The third-order valence-electron chi connectivity index (χ3n) is 3.42. The molecule has 0 bridgehead atoms. The number of hydrogen-bond acceptors (Lipinski definition) is 2. The van der Waals surface area contributed by atoms with Gasteiger partial charge in [0.05, 0.1) is 0 Å². The fourth-order valence-electron chi connectivity index (χ4n) is 2.20. The smallest absolute Gasteiger partial charge is 0.0110 e. The Morgan fingerprint density at radius 3 is 2.67 bits per heavy atom. The van der Waals surface area contributed by atoms with Gasteiger partial charge in [-0.15, -0.1) is 0 Å². The minimum absolute atomic E-state index is 0.699. The van der Waals surface area contributed by atoms with Crippen LogP contribution in [0, 0.1) is 5.92 Å². The Labute approximate surface area is 76.1 Å². The lowest BCUT2D eigenvalue weighted by Gasteiger charge is -2.29. The molecule has 0 radical (unpaired) electrons. The van der Waals surface area contributed by atoms with Crippen LogP contribution in [0.4, 0.5) is 0 Å². The van der Waals surface area contributed by atoms with Crippen LogP contribution in [0.1, 0.15) is 33.6 Å². The highest BCUT2D eigenvalue weighted by molar-refractivity contribution is 4.86. The summed E-state index contributed by atoms with van der Waals surface area (Å²) in [6, 6.07) is 1.43. The second-order valence-electron chi connectivity index (χ2n) is 4.02. The predicted octanol–water partition coefficient (Wildman–Crippen LogP) is 1.45. The molecule has 0 saturated carbocycles. The van der Waals surface area contributed by atoms with E-state index >= 15 is 0 Å². The van der Waals surface area contributed by atoms with Crippen molar-refractivity contribution in [1.82, 2.24) is 4.90 Å². The molecule has 3 atom stereocenters. The standard InChI is InChI=1S/C10H22N2/c1-4-8(2)12-6-5-10(7-11)9(12)3/h8-10H,4-7,11H2,1-3H3. The van der Waals surface area contributed by atoms with E-state index in [1.54, 1.807) is 0 Å². The zero-order valence-corrected chi connectivity index (χ0v) is 8.59. The van der Waals surface area contributed by atoms with E-state index in [4.69, 9.17) is 5.73 Å². The van der Waals surface area contributed by atoms with Gasteiger partial charge in [0, 0.05) is 12.1 Å². The van der Waals surface area contributed by atoms with Crippen molar-refractivity contribution >= 4 is 0 Å². The summed E-state index contributed by atoms with van der Waals surface area (Å²) in [5.74, 6) is 0.735. The summed E-state index contributed by atoms with van der Waals surface area (Å²) in [4.78, 5) is 2.59. The van der Waals surface area contributed by atoms with Crippen LogP contribution < -0.4 is 5.73 Å². The summed E-state index contributed by atoms with van der Waals surface area (Å²) in [6.45, 7) is 8.99. The van der Waals surface area contributed by atoms with Crippen molar-refractivity contribution in [2.24, 2.45) is 11.7 Å². The minimum atomic E-state index is 0.699. The number of likely N-dealkylation sites (tertiary alicyclic amines) is 1. The second-order valence-corrected chi connectivity index (χ2v) is 4.02. The Bertz CT molecular complexity index is 136. The molecule has 2 heteroatoms. The zero-order chi connectivity index (χ0) is 9.14. The first kappa shape index (κ1) is 10.0. The fraction of sp³-hybridized carbons (Fsp3) is 1.00. The summed E-state index contributed by atoms with van der Waals surface area (Å²) in [5, 5.41) is 0. The summed E-state index contributed by atoms with van der Waals surface area (Å²) in [6.07, 6.45) is 2.55. The second kappa shape index (κ2) is 4.24. The van der Waals surface area contributed by atoms with E-state index in [2.05, 4.69) is 25.7 Å². The number of rotatable bonds is 3. The van der Waals surface area contributed by atoms with E-state index in [1.807, 2.05) is 0 Å². The van der Waals surface area contributed by atoms with Crippen LogP contribution >= 0.6 is 0 Å². The van der Waals surface area contributed by atoms with Crippen LogP contribution in [0.25, 0.3) is 0 Å². The third kappa shape index (κ3) is 1.80. The Morgan fingerprint density at radius 1 is 1.58 bits per heavy atom. The third-order valence-corrected chi connectivity index (χ3v) is 3.42. The van der Waals surface area contributed by atoms with E-state index in [1.165, 1.54) is 19.4 Å². The lowest BCUT2D eigenvalue weighted by Crippen LogP contribution is -2.38. The van der Waals surface area contributed by atoms with Crippen LogP contribution in [0.2, 0.25) is 0 Å². The lowest BCUT2D eigenvalue weighted by atomic mass is 10.0. The normalized spacial score (nSPS) is 34.0. The molecule has 72 valence electrons. The molecular weight excluding hydrogens is 148 g/mol. The van der Waals surface area contributed by atoms with Gasteiger partial charge >= 0.3 is 0 Å². The summed E-state index contributed by atoms with van der Waals surface area (Å²) >= 11 is 0. The fourth-order valence-corrected chi connectivity index (χ4v) is 2.20. The number of hydrogen-bond donors (Lipinski definition) is 1. The molecule has 0 aromatic heterocycles. The zero-order valence-electron chi connectivity index (χ0n) is 8.59. The maximum Gasteiger partial charge on any atom is 0.0110 e. The summed E-state index contributed by atoms with van der Waals surface area (Å²) < 4.78 is 0. The van der Waals surface area contributed by atoms with Crippen molar-refractivity contribution in [3.63, 3.8) is 0 Å². The van der Waals surface area contributed by atoms with Gasteiger partial charge in [-0.25, -0.2) is 0 Å². The van der Waals surface area contributed by atoms with Gasteiger partial charge in [0.1, 0.15) is 0 Å². The van der Waals surface area contributed by atoms with Gasteiger partial charge < -0.3 is 5.73 Å². The molecule has 2 nitrogen and oxygen atoms in total. The molecule has 0 spiro atoms. The molecule has 0 aromatic carbocycles. The molecular formula is C10H22N2.